The van der Waals surface area contributed by atoms with Gasteiger partial charge in [0.2, 0.25) is 0 Å². The molecule has 1 heteroatoms. The van der Waals surface area contributed by atoms with Crippen LogP contribution in [0.5, 0.6) is 11.5 Å². The Kier molecular flexibility index (Phi) is 9.15. The van der Waals surface area contributed by atoms with Gasteiger partial charge in [-0.1, -0.05) is 220 Å². The molecule has 1 aliphatic rings. The molecule has 0 N–H and O–H groups in total. The van der Waals surface area contributed by atoms with Crippen molar-refractivity contribution < 1.29 is 4.74 Å². The lowest BCUT2D eigenvalue weighted by atomic mass is 9.73. The van der Waals surface area contributed by atoms with Gasteiger partial charge in [-0.05, 0) is 90.9 Å². The van der Waals surface area contributed by atoms with E-state index in [1.54, 1.807) is 0 Å². The smallest absolute Gasteiger partial charge is 0.139 e. The van der Waals surface area contributed by atoms with Gasteiger partial charge in [0.25, 0.3) is 0 Å². The number of benzene rings is 9. The molecule has 1 nitrogen and oxygen atoms in total. The normalized spacial score (nSPS) is 12.6. The Morgan fingerprint density at radius 3 is 0.966 bits per heavy atom. The lowest BCUT2D eigenvalue weighted by Crippen LogP contribution is -2.24. The van der Waals surface area contributed by atoms with Crippen molar-refractivity contribution in [2.75, 3.05) is 0 Å². The molecule has 0 aromatic heterocycles. The molecule has 0 saturated carbocycles. The lowest BCUT2D eigenvalue weighted by Gasteiger charge is -2.36. The van der Waals surface area contributed by atoms with Crippen LogP contribution >= 0.6 is 0 Å². The highest BCUT2D eigenvalue weighted by molar-refractivity contribution is 6.15. The Bertz CT molecular complexity index is 2830. The second-order valence-electron chi connectivity index (χ2n) is 16.0. The highest BCUT2D eigenvalue weighted by Crippen LogP contribution is 2.57. The minimum absolute atomic E-state index is 0.204. The van der Waals surface area contributed by atoms with Crippen LogP contribution in [0.25, 0.3) is 77.9 Å². The van der Waals surface area contributed by atoms with Gasteiger partial charge in [-0.15, -0.1) is 0 Å². The molecule has 0 unspecified atom stereocenters. The van der Waals surface area contributed by atoms with Crippen molar-refractivity contribution in [1.82, 2.24) is 0 Å². The minimum Gasteiger partial charge on any atom is -0.456 e. The Labute approximate surface area is 347 Å². The predicted octanol–water partition coefficient (Wildman–Crippen LogP) is 16.1. The van der Waals surface area contributed by atoms with E-state index in [0.29, 0.717) is 0 Å². The van der Waals surface area contributed by atoms with Gasteiger partial charge in [-0.25, -0.2) is 0 Å². The fourth-order valence-corrected chi connectivity index (χ4v) is 9.27. The van der Waals surface area contributed by atoms with E-state index in [1.807, 2.05) is 0 Å². The minimum atomic E-state index is -0.204. The number of aryl methyl sites for hydroxylation is 1. The van der Waals surface area contributed by atoms with Crippen LogP contribution in [0.4, 0.5) is 0 Å². The second kappa shape index (κ2) is 14.9. The lowest BCUT2D eigenvalue weighted by molar-refractivity contribution is 0.419. The zero-order valence-electron chi connectivity index (χ0n) is 33.6. The van der Waals surface area contributed by atoms with E-state index in [0.717, 1.165) is 28.2 Å². The van der Waals surface area contributed by atoms with Crippen molar-refractivity contribution in [3.8, 4) is 89.4 Å². The van der Waals surface area contributed by atoms with Crippen LogP contribution in [-0.4, -0.2) is 0 Å². The predicted molar refractivity (Wildman–Crippen MR) is 248 cm³/mol. The van der Waals surface area contributed by atoms with E-state index >= 15 is 0 Å². The summed E-state index contributed by atoms with van der Waals surface area (Å²) in [7, 11) is 0. The van der Waals surface area contributed by atoms with Gasteiger partial charge in [0.05, 0.1) is 0 Å². The maximum Gasteiger partial charge on any atom is 0.139 e. The number of ether oxygens (including phenoxy) is 1. The number of rotatable bonds is 7. The summed E-state index contributed by atoms with van der Waals surface area (Å²) < 4.78 is 6.83. The quantitative estimate of drug-likeness (QED) is 0.157. The van der Waals surface area contributed by atoms with Crippen LogP contribution in [0.15, 0.2) is 212 Å². The summed E-state index contributed by atoms with van der Waals surface area (Å²) in [4.78, 5) is 0. The van der Waals surface area contributed by atoms with Gasteiger partial charge >= 0.3 is 0 Å². The maximum absolute atomic E-state index is 6.83. The molecule has 10 rings (SSSR count). The summed E-state index contributed by atoms with van der Waals surface area (Å²) in [5, 5.41) is 0. The van der Waals surface area contributed by atoms with E-state index in [-0.39, 0.29) is 5.41 Å². The molecular formula is C58H44O. The van der Waals surface area contributed by atoms with Gasteiger partial charge < -0.3 is 4.74 Å². The van der Waals surface area contributed by atoms with Gasteiger partial charge in [0.15, 0.2) is 0 Å². The van der Waals surface area contributed by atoms with Crippen LogP contribution in [0.3, 0.4) is 0 Å². The van der Waals surface area contributed by atoms with Crippen molar-refractivity contribution in [1.29, 1.82) is 0 Å². The average molecular weight is 757 g/mol. The first-order valence-electron chi connectivity index (χ1n) is 20.5. The summed E-state index contributed by atoms with van der Waals surface area (Å²) in [6.45, 7) is 6.81. The standard InChI is InChI=1S/C58H44O/c1-39-33-38-48-57(59-49-32-20-19-31-47(49)58(48,2)3)50(39)45-34-36-46(37-35-45)56-54(43-27-15-7-16-28-43)52(41-23-11-5-12-24-41)51(40-21-9-4-10-22-40)53(42-25-13-6-14-26-42)55(56)44-29-17-8-18-30-44/h4-38H,1-3H3. The summed E-state index contributed by atoms with van der Waals surface area (Å²) in [6.07, 6.45) is 0. The second-order valence-corrected chi connectivity index (χ2v) is 16.0. The van der Waals surface area contributed by atoms with Gasteiger partial charge in [0.1, 0.15) is 11.5 Å². The highest BCUT2D eigenvalue weighted by atomic mass is 16.5. The largest absolute Gasteiger partial charge is 0.456 e. The molecule has 1 heterocycles. The average Bonchev–Trinajstić information content (AvgIpc) is 3.29. The molecule has 0 saturated heterocycles. The summed E-state index contributed by atoms with van der Waals surface area (Å²) in [6, 6.07) is 77.0. The van der Waals surface area contributed by atoms with Crippen molar-refractivity contribution in [3.05, 3.63) is 229 Å². The molecule has 0 bridgehead atoms. The Balaban J connectivity index is 1.32. The van der Waals surface area contributed by atoms with Crippen LogP contribution in [0, 0.1) is 6.92 Å². The number of para-hydroxylation sites is 1. The molecule has 0 aliphatic carbocycles. The third kappa shape index (κ3) is 6.27. The highest BCUT2D eigenvalue weighted by Gasteiger charge is 2.36. The van der Waals surface area contributed by atoms with Gasteiger partial charge in [-0.2, -0.15) is 0 Å². The molecule has 0 atom stereocenters. The summed E-state index contributed by atoms with van der Waals surface area (Å²) in [5.74, 6) is 1.87. The SMILES string of the molecule is Cc1ccc2c(c1-c1ccc(-c3c(-c4ccccc4)c(-c4ccccc4)c(-c4ccccc4)c(-c4ccccc4)c3-c3ccccc3)cc1)Oc1ccccc1C2(C)C. The molecule has 59 heavy (non-hydrogen) atoms. The molecule has 0 amide bonds. The van der Waals surface area contributed by atoms with Gasteiger partial charge in [0, 0.05) is 22.1 Å². The fourth-order valence-electron chi connectivity index (χ4n) is 9.27. The van der Waals surface area contributed by atoms with E-state index in [1.165, 1.54) is 77.9 Å². The van der Waals surface area contributed by atoms with Crippen LogP contribution < -0.4 is 4.74 Å². The van der Waals surface area contributed by atoms with Crippen LogP contribution in [0.2, 0.25) is 0 Å². The summed E-state index contributed by atoms with van der Waals surface area (Å²) in [5.41, 5.74) is 19.9. The molecule has 9 aromatic carbocycles. The van der Waals surface area contributed by atoms with Crippen LogP contribution in [-0.2, 0) is 5.41 Å². The van der Waals surface area contributed by atoms with E-state index in [9.17, 15) is 0 Å². The number of hydrogen-bond acceptors (Lipinski definition) is 1. The van der Waals surface area contributed by atoms with E-state index in [2.05, 4.69) is 233 Å². The van der Waals surface area contributed by atoms with Crippen molar-refractivity contribution in [3.63, 3.8) is 0 Å². The Morgan fingerprint density at radius 2 is 0.593 bits per heavy atom. The third-order valence-electron chi connectivity index (χ3n) is 12.1. The third-order valence-corrected chi connectivity index (χ3v) is 12.1. The molecule has 0 radical (unpaired) electrons. The van der Waals surface area contributed by atoms with E-state index < -0.39 is 0 Å². The first-order chi connectivity index (χ1) is 29.0. The fraction of sp³-hybridized carbons (Fsp3) is 0.0690. The zero-order chi connectivity index (χ0) is 39.9. The van der Waals surface area contributed by atoms with Crippen LogP contribution in [0.1, 0.15) is 30.5 Å². The van der Waals surface area contributed by atoms with Crippen molar-refractivity contribution in [2.45, 2.75) is 26.2 Å². The first kappa shape index (κ1) is 36.1. The molecular weight excluding hydrogens is 713 g/mol. The zero-order valence-corrected chi connectivity index (χ0v) is 33.6. The molecule has 9 aromatic rings. The van der Waals surface area contributed by atoms with Gasteiger partial charge in [-0.3, -0.25) is 0 Å². The molecule has 0 fully saturated rings. The Hall–Kier alpha value is -7.22. The topological polar surface area (TPSA) is 9.23 Å². The molecule has 0 spiro atoms. The van der Waals surface area contributed by atoms with Crippen molar-refractivity contribution >= 4 is 0 Å². The maximum atomic E-state index is 6.83. The number of hydrogen-bond donors (Lipinski definition) is 0. The summed E-state index contributed by atoms with van der Waals surface area (Å²) >= 11 is 0. The molecule has 1 aliphatic heterocycles. The monoisotopic (exact) mass is 756 g/mol. The van der Waals surface area contributed by atoms with Crippen molar-refractivity contribution in [2.24, 2.45) is 0 Å². The number of fused-ring (bicyclic) bond motifs is 2. The molecule has 282 valence electrons. The Morgan fingerprint density at radius 1 is 0.288 bits per heavy atom. The van der Waals surface area contributed by atoms with E-state index in [4.69, 9.17) is 4.74 Å². The first-order valence-corrected chi connectivity index (χ1v) is 20.5.